The van der Waals surface area contributed by atoms with Gasteiger partial charge in [-0.3, -0.25) is 14.8 Å². The van der Waals surface area contributed by atoms with E-state index >= 15 is 0 Å². The minimum absolute atomic E-state index is 0.111. The number of hydrogen-bond acceptors (Lipinski definition) is 3. The highest BCUT2D eigenvalue weighted by Crippen LogP contribution is 2.24. The molecule has 0 saturated carbocycles. The van der Waals surface area contributed by atoms with Crippen molar-refractivity contribution >= 4 is 11.7 Å². The van der Waals surface area contributed by atoms with Crippen LogP contribution in [0.1, 0.15) is 22.7 Å². The minimum Gasteiger partial charge on any atom is -0.308 e. The van der Waals surface area contributed by atoms with Crippen molar-refractivity contribution in [2.75, 3.05) is 19.4 Å². The zero-order chi connectivity index (χ0) is 18.7. The van der Waals surface area contributed by atoms with Crippen LogP contribution in [0, 0.1) is 13.8 Å². The topological polar surface area (TPSA) is 61.0 Å². The predicted molar refractivity (Wildman–Crippen MR) is 105 cm³/mol. The van der Waals surface area contributed by atoms with Gasteiger partial charge in [-0.1, -0.05) is 47.5 Å². The molecule has 0 aliphatic heterocycles. The van der Waals surface area contributed by atoms with Crippen LogP contribution in [0.4, 0.5) is 5.82 Å². The number of nitrogens with zero attached hydrogens (tertiary/aromatic N) is 2. The maximum absolute atomic E-state index is 12.8. The highest BCUT2D eigenvalue weighted by Gasteiger charge is 2.23. The second kappa shape index (κ2) is 7.54. The number of aromatic nitrogens is 2. The van der Waals surface area contributed by atoms with Crippen molar-refractivity contribution in [2.24, 2.45) is 0 Å². The molecule has 134 valence electrons. The third-order valence-corrected chi connectivity index (χ3v) is 4.24. The second-order valence-corrected chi connectivity index (χ2v) is 6.81. The third kappa shape index (κ3) is 4.00. The highest BCUT2D eigenvalue weighted by molar-refractivity contribution is 5.95. The first-order valence-corrected chi connectivity index (χ1v) is 8.60. The average Bonchev–Trinajstić information content (AvgIpc) is 3.03. The first-order chi connectivity index (χ1) is 12.4. The van der Waals surface area contributed by atoms with Gasteiger partial charge >= 0.3 is 0 Å². The number of rotatable bonds is 5. The summed E-state index contributed by atoms with van der Waals surface area (Å²) in [6.45, 7) is 4.13. The molecule has 2 N–H and O–H groups in total. The van der Waals surface area contributed by atoms with E-state index in [1.165, 1.54) is 11.1 Å². The van der Waals surface area contributed by atoms with Crippen molar-refractivity contribution in [3.63, 3.8) is 0 Å². The number of nitrogens with one attached hydrogen (secondary N) is 2. The Kier molecular flexibility index (Phi) is 5.19. The summed E-state index contributed by atoms with van der Waals surface area (Å²) in [6, 6.07) is 17.5. The first kappa shape index (κ1) is 17.9. The number of carbonyl (C=O) groups excluding carboxylic acids is 1. The zero-order valence-corrected chi connectivity index (χ0v) is 15.6. The highest BCUT2D eigenvalue weighted by atomic mass is 16.2. The molecule has 26 heavy (non-hydrogen) atoms. The van der Waals surface area contributed by atoms with Crippen LogP contribution < -0.4 is 5.32 Å². The molecular formula is C21H24N4O. The van der Waals surface area contributed by atoms with E-state index in [1.807, 2.05) is 55.4 Å². The van der Waals surface area contributed by atoms with Gasteiger partial charge in [-0.2, -0.15) is 5.10 Å². The van der Waals surface area contributed by atoms with E-state index in [-0.39, 0.29) is 11.9 Å². The fraction of sp³-hybridized carbons (Fsp3) is 0.238. The summed E-state index contributed by atoms with van der Waals surface area (Å²) in [5.41, 5.74) is 5.27. The average molecular weight is 348 g/mol. The quantitative estimate of drug-likeness (QED) is 0.734. The van der Waals surface area contributed by atoms with Crippen LogP contribution in [0.25, 0.3) is 11.3 Å². The lowest BCUT2D eigenvalue weighted by Crippen LogP contribution is -2.32. The van der Waals surface area contributed by atoms with Gasteiger partial charge in [0.15, 0.2) is 5.82 Å². The van der Waals surface area contributed by atoms with Crippen molar-refractivity contribution in [2.45, 2.75) is 19.9 Å². The molecule has 0 saturated heterocycles. The van der Waals surface area contributed by atoms with Gasteiger partial charge in [0.2, 0.25) is 5.91 Å². The molecule has 0 spiro atoms. The van der Waals surface area contributed by atoms with Crippen LogP contribution in [0.15, 0.2) is 54.6 Å². The monoisotopic (exact) mass is 348 g/mol. The number of anilines is 1. The van der Waals surface area contributed by atoms with Crippen molar-refractivity contribution in [1.82, 2.24) is 15.1 Å². The second-order valence-electron chi connectivity index (χ2n) is 6.81. The Labute approximate surface area is 154 Å². The summed E-state index contributed by atoms with van der Waals surface area (Å²) in [5.74, 6) is 0.409. The van der Waals surface area contributed by atoms with Crippen LogP contribution in [-0.4, -0.2) is 35.1 Å². The molecule has 1 unspecified atom stereocenters. The standard InChI is InChI=1S/C21H24N4O/c1-14-10-15(2)12-17(11-14)18-13-19(24-23-18)22-21(26)20(25(3)4)16-8-6-5-7-9-16/h5-13,20H,1-4H3,(H2,22,23,24,26). The summed E-state index contributed by atoms with van der Waals surface area (Å²) >= 11 is 0. The summed E-state index contributed by atoms with van der Waals surface area (Å²) in [7, 11) is 3.78. The van der Waals surface area contributed by atoms with E-state index in [0.717, 1.165) is 16.8 Å². The van der Waals surface area contributed by atoms with Gasteiger partial charge in [-0.15, -0.1) is 0 Å². The van der Waals surface area contributed by atoms with E-state index in [1.54, 1.807) is 0 Å². The fourth-order valence-electron chi connectivity index (χ4n) is 3.18. The van der Waals surface area contributed by atoms with Gasteiger partial charge in [0, 0.05) is 11.6 Å². The van der Waals surface area contributed by atoms with Crippen LogP contribution in [0.5, 0.6) is 0 Å². The molecule has 0 bridgehead atoms. The number of amides is 1. The number of H-pyrrole nitrogens is 1. The van der Waals surface area contributed by atoms with Gasteiger partial charge in [-0.05, 0) is 45.6 Å². The van der Waals surface area contributed by atoms with Crippen molar-refractivity contribution in [1.29, 1.82) is 0 Å². The number of benzene rings is 2. The molecule has 2 aromatic carbocycles. The number of likely N-dealkylation sites (N-methyl/N-ethyl adjacent to an activating group) is 1. The molecule has 0 aliphatic carbocycles. The molecule has 3 rings (SSSR count). The molecule has 1 atom stereocenters. The summed E-state index contributed by atoms with van der Waals surface area (Å²) < 4.78 is 0. The van der Waals surface area contributed by atoms with Crippen molar-refractivity contribution in [3.8, 4) is 11.3 Å². The number of aryl methyl sites for hydroxylation is 2. The van der Waals surface area contributed by atoms with Gasteiger partial charge in [0.1, 0.15) is 6.04 Å². The molecule has 1 heterocycles. The van der Waals surface area contributed by atoms with Gasteiger partial charge in [-0.25, -0.2) is 0 Å². The summed E-state index contributed by atoms with van der Waals surface area (Å²) in [4.78, 5) is 14.7. The van der Waals surface area contributed by atoms with Gasteiger partial charge < -0.3 is 5.32 Å². The molecule has 1 amide bonds. The molecular weight excluding hydrogens is 324 g/mol. The predicted octanol–water partition coefficient (Wildman–Crippen LogP) is 3.93. The lowest BCUT2D eigenvalue weighted by molar-refractivity contribution is -0.120. The molecule has 5 nitrogen and oxygen atoms in total. The number of aromatic amines is 1. The molecule has 0 fully saturated rings. The summed E-state index contributed by atoms with van der Waals surface area (Å²) in [5, 5.41) is 10.2. The van der Waals surface area contributed by atoms with Crippen LogP contribution in [0.3, 0.4) is 0 Å². The van der Waals surface area contributed by atoms with E-state index < -0.39 is 0 Å². The van der Waals surface area contributed by atoms with E-state index in [2.05, 4.69) is 47.6 Å². The first-order valence-electron chi connectivity index (χ1n) is 8.60. The lowest BCUT2D eigenvalue weighted by atomic mass is 10.0. The minimum atomic E-state index is -0.377. The number of carbonyl (C=O) groups is 1. The molecule has 1 aromatic heterocycles. The Morgan fingerprint density at radius 1 is 1.04 bits per heavy atom. The third-order valence-electron chi connectivity index (χ3n) is 4.24. The lowest BCUT2D eigenvalue weighted by Gasteiger charge is -2.23. The molecule has 3 aromatic rings. The molecule has 5 heteroatoms. The fourth-order valence-corrected chi connectivity index (χ4v) is 3.18. The molecule has 0 aliphatic rings. The van der Waals surface area contributed by atoms with Crippen molar-refractivity contribution < 1.29 is 4.79 Å². The van der Waals surface area contributed by atoms with Crippen LogP contribution in [0.2, 0.25) is 0 Å². The largest absolute Gasteiger partial charge is 0.308 e. The van der Waals surface area contributed by atoms with Crippen LogP contribution in [-0.2, 0) is 4.79 Å². The van der Waals surface area contributed by atoms with Crippen molar-refractivity contribution in [3.05, 3.63) is 71.3 Å². The van der Waals surface area contributed by atoms with Crippen LogP contribution >= 0.6 is 0 Å². The molecule has 0 radical (unpaired) electrons. The smallest absolute Gasteiger partial charge is 0.247 e. The Hall–Kier alpha value is -2.92. The van der Waals surface area contributed by atoms with E-state index in [9.17, 15) is 4.79 Å². The Bertz CT molecular complexity index is 879. The zero-order valence-electron chi connectivity index (χ0n) is 15.6. The maximum atomic E-state index is 12.8. The number of hydrogen-bond donors (Lipinski definition) is 2. The van der Waals surface area contributed by atoms with Gasteiger partial charge in [0.05, 0.1) is 5.69 Å². The van der Waals surface area contributed by atoms with E-state index in [4.69, 9.17) is 0 Å². The summed E-state index contributed by atoms with van der Waals surface area (Å²) in [6.07, 6.45) is 0. The SMILES string of the molecule is Cc1cc(C)cc(-c2cc(NC(=O)C(c3ccccc3)N(C)C)n[nH]2)c1. The maximum Gasteiger partial charge on any atom is 0.247 e. The normalized spacial score (nSPS) is 12.2. The van der Waals surface area contributed by atoms with Gasteiger partial charge in [0.25, 0.3) is 0 Å². The van der Waals surface area contributed by atoms with E-state index in [0.29, 0.717) is 5.82 Å². The Balaban J connectivity index is 1.80. The Morgan fingerprint density at radius 3 is 2.31 bits per heavy atom. The Morgan fingerprint density at radius 2 is 1.69 bits per heavy atom.